The predicted molar refractivity (Wildman–Crippen MR) is 75.4 cm³/mol. The summed E-state index contributed by atoms with van der Waals surface area (Å²) in [5, 5.41) is 3.65. The van der Waals surface area contributed by atoms with Gasteiger partial charge in [0.1, 0.15) is 0 Å². The molecule has 0 spiro atoms. The standard InChI is InChI=1S/C15H26N2/c1-4-15(16-11-8-12-17(2)3)13-14-9-6-5-7-10-14/h5-7,9-10,15-16H,4,8,11-13H2,1-3H3. The third-order valence-electron chi connectivity index (χ3n) is 3.03. The zero-order valence-corrected chi connectivity index (χ0v) is 11.4. The normalized spacial score (nSPS) is 12.9. The van der Waals surface area contributed by atoms with Crippen molar-refractivity contribution in [3.8, 4) is 0 Å². The van der Waals surface area contributed by atoms with E-state index in [1.165, 1.54) is 18.4 Å². The second-order valence-corrected chi connectivity index (χ2v) is 4.91. The molecular weight excluding hydrogens is 208 g/mol. The molecule has 0 saturated carbocycles. The van der Waals surface area contributed by atoms with Gasteiger partial charge in [0.25, 0.3) is 0 Å². The van der Waals surface area contributed by atoms with Gasteiger partial charge >= 0.3 is 0 Å². The molecule has 0 amide bonds. The largest absolute Gasteiger partial charge is 0.314 e. The maximum atomic E-state index is 3.65. The van der Waals surface area contributed by atoms with Crippen LogP contribution < -0.4 is 5.32 Å². The van der Waals surface area contributed by atoms with Crippen LogP contribution in [0.1, 0.15) is 25.3 Å². The average Bonchev–Trinajstić information content (AvgIpc) is 2.34. The molecule has 17 heavy (non-hydrogen) atoms. The summed E-state index contributed by atoms with van der Waals surface area (Å²) in [4.78, 5) is 2.24. The summed E-state index contributed by atoms with van der Waals surface area (Å²) in [5.74, 6) is 0. The van der Waals surface area contributed by atoms with E-state index in [2.05, 4.69) is 61.6 Å². The molecule has 2 nitrogen and oxygen atoms in total. The van der Waals surface area contributed by atoms with Crippen LogP contribution in [0.4, 0.5) is 0 Å². The van der Waals surface area contributed by atoms with Gasteiger partial charge in [-0.05, 0) is 52.0 Å². The SMILES string of the molecule is CCC(Cc1ccccc1)NCCCN(C)C. The molecule has 0 fully saturated rings. The van der Waals surface area contributed by atoms with E-state index in [0.29, 0.717) is 6.04 Å². The lowest BCUT2D eigenvalue weighted by molar-refractivity contribution is 0.383. The summed E-state index contributed by atoms with van der Waals surface area (Å²) in [7, 11) is 4.25. The van der Waals surface area contributed by atoms with Gasteiger partial charge in [-0.2, -0.15) is 0 Å². The van der Waals surface area contributed by atoms with Gasteiger partial charge in [-0.1, -0.05) is 37.3 Å². The Balaban J connectivity index is 2.24. The molecule has 0 bridgehead atoms. The monoisotopic (exact) mass is 234 g/mol. The molecule has 96 valence electrons. The highest BCUT2D eigenvalue weighted by Gasteiger charge is 2.05. The van der Waals surface area contributed by atoms with Crippen molar-refractivity contribution in [1.29, 1.82) is 0 Å². The van der Waals surface area contributed by atoms with Crippen molar-refractivity contribution in [3.63, 3.8) is 0 Å². The van der Waals surface area contributed by atoms with Gasteiger partial charge in [-0.3, -0.25) is 0 Å². The number of rotatable bonds is 8. The zero-order valence-electron chi connectivity index (χ0n) is 11.4. The van der Waals surface area contributed by atoms with E-state index in [1.54, 1.807) is 0 Å². The van der Waals surface area contributed by atoms with E-state index < -0.39 is 0 Å². The van der Waals surface area contributed by atoms with Crippen LogP contribution in [-0.2, 0) is 6.42 Å². The molecule has 2 heteroatoms. The molecule has 0 aromatic heterocycles. The van der Waals surface area contributed by atoms with Crippen molar-refractivity contribution >= 4 is 0 Å². The maximum Gasteiger partial charge on any atom is 0.0105 e. The minimum absolute atomic E-state index is 0.611. The van der Waals surface area contributed by atoms with Crippen LogP contribution in [0.5, 0.6) is 0 Å². The lowest BCUT2D eigenvalue weighted by atomic mass is 10.0. The highest BCUT2D eigenvalue weighted by molar-refractivity contribution is 5.15. The van der Waals surface area contributed by atoms with Gasteiger partial charge in [0.05, 0.1) is 0 Å². The number of hydrogen-bond donors (Lipinski definition) is 1. The van der Waals surface area contributed by atoms with Crippen LogP contribution in [-0.4, -0.2) is 38.1 Å². The molecule has 0 aliphatic heterocycles. The zero-order chi connectivity index (χ0) is 12.5. The molecule has 1 N–H and O–H groups in total. The van der Waals surface area contributed by atoms with E-state index in [0.717, 1.165) is 19.5 Å². The fraction of sp³-hybridized carbons (Fsp3) is 0.600. The third-order valence-corrected chi connectivity index (χ3v) is 3.03. The quantitative estimate of drug-likeness (QED) is 0.695. The van der Waals surface area contributed by atoms with Crippen LogP contribution in [0.15, 0.2) is 30.3 Å². The van der Waals surface area contributed by atoms with Crippen molar-refractivity contribution in [1.82, 2.24) is 10.2 Å². The Labute approximate surface area is 106 Å². The summed E-state index contributed by atoms with van der Waals surface area (Å²) in [6, 6.07) is 11.4. The van der Waals surface area contributed by atoms with Crippen LogP contribution in [0.3, 0.4) is 0 Å². The van der Waals surface area contributed by atoms with Gasteiger partial charge < -0.3 is 10.2 Å². The van der Waals surface area contributed by atoms with Crippen molar-refractivity contribution in [2.75, 3.05) is 27.2 Å². The van der Waals surface area contributed by atoms with Crippen LogP contribution in [0.25, 0.3) is 0 Å². The topological polar surface area (TPSA) is 15.3 Å². The van der Waals surface area contributed by atoms with E-state index >= 15 is 0 Å². The Morgan fingerprint density at radius 2 is 1.88 bits per heavy atom. The molecule has 0 radical (unpaired) electrons. The number of benzene rings is 1. The highest BCUT2D eigenvalue weighted by atomic mass is 15.1. The molecule has 1 aromatic rings. The summed E-state index contributed by atoms with van der Waals surface area (Å²) in [6.45, 7) is 4.53. The number of hydrogen-bond acceptors (Lipinski definition) is 2. The van der Waals surface area contributed by atoms with Gasteiger partial charge in [-0.25, -0.2) is 0 Å². The van der Waals surface area contributed by atoms with Crippen molar-refractivity contribution in [2.24, 2.45) is 0 Å². The molecule has 1 unspecified atom stereocenters. The van der Waals surface area contributed by atoms with Crippen molar-refractivity contribution < 1.29 is 0 Å². The van der Waals surface area contributed by atoms with Crippen LogP contribution in [0.2, 0.25) is 0 Å². The lowest BCUT2D eigenvalue weighted by Crippen LogP contribution is -2.32. The molecular formula is C15H26N2. The first-order valence-corrected chi connectivity index (χ1v) is 6.64. The molecule has 1 aromatic carbocycles. The van der Waals surface area contributed by atoms with Crippen LogP contribution in [0, 0.1) is 0 Å². The van der Waals surface area contributed by atoms with Crippen molar-refractivity contribution in [2.45, 2.75) is 32.2 Å². The first kappa shape index (κ1) is 14.2. The number of nitrogens with zero attached hydrogens (tertiary/aromatic N) is 1. The summed E-state index contributed by atoms with van der Waals surface area (Å²) < 4.78 is 0. The first-order chi connectivity index (χ1) is 8.22. The summed E-state index contributed by atoms with van der Waals surface area (Å²) in [6.07, 6.45) is 3.55. The Morgan fingerprint density at radius 1 is 1.18 bits per heavy atom. The van der Waals surface area contributed by atoms with E-state index in [-0.39, 0.29) is 0 Å². The average molecular weight is 234 g/mol. The Hall–Kier alpha value is -0.860. The second-order valence-electron chi connectivity index (χ2n) is 4.91. The molecule has 0 saturated heterocycles. The van der Waals surface area contributed by atoms with Gasteiger partial charge in [0.2, 0.25) is 0 Å². The summed E-state index contributed by atoms with van der Waals surface area (Å²) in [5.41, 5.74) is 1.43. The molecule has 1 atom stereocenters. The fourth-order valence-electron chi connectivity index (χ4n) is 1.96. The Morgan fingerprint density at radius 3 is 2.47 bits per heavy atom. The van der Waals surface area contributed by atoms with Crippen molar-refractivity contribution in [3.05, 3.63) is 35.9 Å². The van der Waals surface area contributed by atoms with E-state index in [9.17, 15) is 0 Å². The first-order valence-electron chi connectivity index (χ1n) is 6.64. The molecule has 1 rings (SSSR count). The van der Waals surface area contributed by atoms with E-state index in [4.69, 9.17) is 0 Å². The second kappa shape index (κ2) is 8.26. The minimum Gasteiger partial charge on any atom is -0.314 e. The summed E-state index contributed by atoms with van der Waals surface area (Å²) >= 11 is 0. The van der Waals surface area contributed by atoms with Gasteiger partial charge in [0.15, 0.2) is 0 Å². The third kappa shape index (κ3) is 6.44. The highest BCUT2D eigenvalue weighted by Crippen LogP contribution is 2.05. The van der Waals surface area contributed by atoms with Gasteiger partial charge in [-0.15, -0.1) is 0 Å². The maximum absolute atomic E-state index is 3.65. The van der Waals surface area contributed by atoms with E-state index in [1.807, 2.05) is 0 Å². The Bertz CT molecular complexity index is 282. The van der Waals surface area contributed by atoms with Crippen LogP contribution >= 0.6 is 0 Å². The predicted octanol–water partition coefficient (Wildman–Crippen LogP) is 2.55. The minimum atomic E-state index is 0.611. The Kier molecular flexibility index (Phi) is 6.90. The fourth-order valence-corrected chi connectivity index (χ4v) is 1.96. The molecule has 0 aliphatic rings. The molecule has 0 aliphatic carbocycles. The number of nitrogens with one attached hydrogen (secondary N) is 1. The van der Waals surface area contributed by atoms with Gasteiger partial charge in [0, 0.05) is 6.04 Å². The lowest BCUT2D eigenvalue weighted by Gasteiger charge is -2.18. The molecule has 0 heterocycles. The smallest absolute Gasteiger partial charge is 0.0105 e.